The van der Waals surface area contributed by atoms with Crippen molar-refractivity contribution in [1.29, 1.82) is 4.78 Å². The maximum atomic E-state index is 12.6. The summed E-state index contributed by atoms with van der Waals surface area (Å²) < 4.78 is 29.9. The van der Waals surface area contributed by atoms with Gasteiger partial charge in [0, 0.05) is 45.8 Å². The molecule has 1 aliphatic heterocycles. The molecule has 1 amide bonds. The van der Waals surface area contributed by atoms with E-state index >= 15 is 0 Å². The first kappa shape index (κ1) is 17.4. The molecule has 25 heavy (non-hydrogen) atoms. The molecular formula is C16H20N4O4S. The summed E-state index contributed by atoms with van der Waals surface area (Å²) in [4.78, 5) is 22.7. The Morgan fingerprint density at radius 1 is 1.20 bits per heavy atom. The van der Waals surface area contributed by atoms with Gasteiger partial charge in [-0.2, -0.15) is 0 Å². The number of fused-ring (bicyclic) bond motifs is 1. The topological polar surface area (TPSA) is 105 Å². The van der Waals surface area contributed by atoms with E-state index in [1.807, 2.05) is 0 Å². The van der Waals surface area contributed by atoms with Crippen molar-refractivity contribution in [2.45, 2.75) is 6.42 Å². The van der Waals surface area contributed by atoms with Crippen molar-refractivity contribution in [3.63, 3.8) is 0 Å². The molecule has 0 atom stereocenters. The van der Waals surface area contributed by atoms with Gasteiger partial charge in [0.05, 0.1) is 31.9 Å². The van der Waals surface area contributed by atoms with Crippen molar-refractivity contribution < 1.29 is 18.5 Å². The van der Waals surface area contributed by atoms with Gasteiger partial charge >= 0.3 is 0 Å². The smallest absolute Gasteiger partial charge is 0.228 e. The van der Waals surface area contributed by atoms with Crippen LogP contribution in [0.3, 0.4) is 0 Å². The van der Waals surface area contributed by atoms with Gasteiger partial charge in [-0.25, -0.2) is 14.2 Å². The molecule has 1 aromatic heterocycles. The Morgan fingerprint density at radius 3 is 2.48 bits per heavy atom. The third-order valence-electron chi connectivity index (χ3n) is 4.28. The summed E-state index contributed by atoms with van der Waals surface area (Å²) in [5, 5.41) is 0.731. The van der Waals surface area contributed by atoms with Gasteiger partial charge in [-0.3, -0.25) is 9.57 Å². The second-order valence-electron chi connectivity index (χ2n) is 5.82. The fourth-order valence-electron chi connectivity index (χ4n) is 2.81. The van der Waals surface area contributed by atoms with Gasteiger partial charge < -0.3 is 14.4 Å². The normalized spacial score (nSPS) is 16.6. The molecule has 0 spiro atoms. The first-order valence-corrected chi connectivity index (χ1v) is 9.70. The number of methoxy groups -OCH3 is 2. The van der Waals surface area contributed by atoms with Crippen LogP contribution in [0.5, 0.6) is 11.5 Å². The molecule has 1 aliphatic rings. The minimum Gasteiger partial charge on any atom is -0.493 e. The van der Waals surface area contributed by atoms with E-state index in [2.05, 4.69) is 9.97 Å². The lowest BCUT2D eigenvalue weighted by molar-refractivity contribution is -0.130. The molecule has 1 aromatic carbocycles. The SMILES string of the molecule is COc1cc2ncnc(CC(=O)N3CCS(=N)(=O)CC3)c2cc1OC. The molecule has 0 unspecified atom stereocenters. The fraction of sp³-hybridized carbons (Fsp3) is 0.438. The molecule has 2 aromatic rings. The Morgan fingerprint density at radius 2 is 1.84 bits per heavy atom. The predicted octanol–water partition coefficient (Wildman–Crippen LogP) is 1.08. The first-order valence-electron chi connectivity index (χ1n) is 7.81. The van der Waals surface area contributed by atoms with Crippen LogP contribution >= 0.6 is 0 Å². The van der Waals surface area contributed by atoms with Crippen molar-refractivity contribution >= 4 is 26.5 Å². The van der Waals surface area contributed by atoms with Gasteiger partial charge in [-0.15, -0.1) is 0 Å². The van der Waals surface area contributed by atoms with Crippen LogP contribution in [0, 0.1) is 4.78 Å². The lowest BCUT2D eigenvalue weighted by Crippen LogP contribution is -2.44. The van der Waals surface area contributed by atoms with E-state index < -0.39 is 9.73 Å². The number of nitrogens with zero attached hydrogens (tertiary/aromatic N) is 3. The summed E-state index contributed by atoms with van der Waals surface area (Å²) >= 11 is 0. The van der Waals surface area contributed by atoms with Crippen LogP contribution in [0.2, 0.25) is 0 Å². The lowest BCUT2D eigenvalue weighted by atomic mass is 10.1. The van der Waals surface area contributed by atoms with E-state index in [-0.39, 0.29) is 23.8 Å². The molecule has 1 saturated heterocycles. The number of carbonyl (C=O) groups excluding carboxylic acids is 1. The van der Waals surface area contributed by atoms with Crippen LogP contribution < -0.4 is 9.47 Å². The van der Waals surface area contributed by atoms with Gasteiger partial charge in [-0.1, -0.05) is 0 Å². The Bertz CT molecular complexity index is 900. The summed E-state index contributed by atoms with van der Waals surface area (Å²) in [5.74, 6) is 1.48. The van der Waals surface area contributed by atoms with Crippen molar-refractivity contribution in [2.75, 3.05) is 38.8 Å². The highest BCUT2D eigenvalue weighted by Crippen LogP contribution is 2.32. The largest absolute Gasteiger partial charge is 0.493 e. The zero-order chi connectivity index (χ0) is 18.0. The van der Waals surface area contributed by atoms with E-state index in [0.29, 0.717) is 35.8 Å². The lowest BCUT2D eigenvalue weighted by Gasteiger charge is -2.28. The molecule has 0 radical (unpaired) electrons. The monoisotopic (exact) mass is 364 g/mol. The standard InChI is InChI=1S/C16H20N4O4S/c1-23-14-7-11-12(8-15(14)24-2)18-10-19-13(11)9-16(21)20-3-5-25(17,22)6-4-20/h7-8,10,17H,3-6,9H2,1-2H3. The number of carbonyl (C=O) groups is 1. The van der Waals surface area contributed by atoms with Gasteiger partial charge in [0.15, 0.2) is 11.5 Å². The van der Waals surface area contributed by atoms with Crippen molar-refractivity contribution in [3.8, 4) is 11.5 Å². The van der Waals surface area contributed by atoms with Crippen molar-refractivity contribution in [3.05, 3.63) is 24.2 Å². The van der Waals surface area contributed by atoms with Crippen LogP contribution in [-0.4, -0.2) is 63.8 Å². The van der Waals surface area contributed by atoms with E-state index in [0.717, 1.165) is 5.39 Å². The van der Waals surface area contributed by atoms with E-state index in [1.165, 1.54) is 6.33 Å². The zero-order valence-corrected chi connectivity index (χ0v) is 15.0. The molecule has 1 N–H and O–H groups in total. The van der Waals surface area contributed by atoms with Crippen molar-refractivity contribution in [1.82, 2.24) is 14.9 Å². The van der Waals surface area contributed by atoms with E-state index in [9.17, 15) is 9.00 Å². The molecule has 134 valence electrons. The maximum absolute atomic E-state index is 12.6. The highest BCUT2D eigenvalue weighted by molar-refractivity contribution is 7.92. The molecule has 1 fully saturated rings. The second kappa shape index (κ2) is 6.83. The van der Waals surface area contributed by atoms with Gasteiger partial charge in [-0.05, 0) is 6.07 Å². The molecular weight excluding hydrogens is 344 g/mol. The number of rotatable bonds is 4. The summed E-state index contributed by atoms with van der Waals surface area (Å²) in [6.07, 6.45) is 1.54. The summed E-state index contributed by atoms with van der Waals surface area (Å²) in [7, 11) is 0.574. The quantitative estimate of drug-likeness (QED) is 0.870. The van der Waals surface area contributed by atoms with Gasteiger partial charge in [0.2, 0.25) is 5.91 Å². The third-order valence-corrected chi connectivity index (χ3v) is 5.96. The van der Waals surface area contributed by atoms with Crippen LogP contribution in [0.25, 0.3) is 10.9 Å². The molecule has 3 rings (SSSR count). The molecule has 0 aliphatic carbocycles. The van der Waals surface area contributed by atoms with E-state index in [1.54, 1.807) is 31.3 Å². The minimum atomic E-state index is -2.52. The Labute approximate surface area is 146 Å². The van der Waals surface area contributed by atoms with Crippen LogP contribution in [0.4, 0.5) is 0 Å². The highest BCUT2D eigenvalue weighted by Gasteiger charge is 2.24. The Kier molecular flexibility index (Phi) is 4.76. The molecule has 0 bridgehead atoms. The van der Waals surface area contributed by atoms with Gasteiger partial charge in [0.25, 0.3) is 0 Å². The average Bonchev–Trinajstić information content (AvgIpc) is 2.60. The number of ether oxygens (including phenoxy) is 2. The first-order chi connectivity index (χ1) is 11.9. The summed E-state index contributed by atoms with van der Waals surface area (Å²) in [6.45, 7) is 0.697. The number of aromatic nitrogens is 2. The Balaban J connectivity index is 1.87. The zero-order valence-electron chi connectivity index (χ0n) is 14.2. The highest BCUT2D eigenvalue weighted by atomic mass is 32.2. The van der Waals surface area contributed by atoms with Crippen LogP contribution in [-0.2, 0) is 20.9 Å². The number of hydrogen-bond donors (Lipinski definition) is 1. The summed E-state index contributed by atoms with van der Waals surface area (Å²) in [5.41, 5.74) is 1.27. The minimum absolute atomic E-state index is 0.0929. The maximum Gasteiger partial charge on any atom is 0.228 e. The number of hydrogen-bond acceptors (Lipinski definition) is 7. The fourth-order valence-corrected chi connectivity index (χ4v) is 4.05. The number of nitrogens with one attached hydrogen (secondary N) is 1. The Hall–Kier alpha value is -2.42. The number of amides is 1. The van der Waals surface area contributed by atoms with Crippen LogP contribution in [0.15, 0.2) is 18.5 Å². The van der Waals surface area contributed by atoms with Crippen LogP contribution in [0.1, 0.15) is 5.69 Å². The molecule has 9 heteroatoms. The third kappa shape index (κ3) is 3.65. The van der Waals surface area contributed by atoms with Gasteiger partial charge in [0.1, 0.15) is 6.33 Å². The molecule has 8 nitrogen and oxygen atoms in total. The van der Waals surface area contributed by atoms with Crippen molar-refractivity contribution in [2.24, 2.45) is 0 Å². The summed E-state index contributed by atoms with van der Waals surface area (Å²) in [6, 6.07) is 3.52. The molecule has 0 saturated carbocycles. The predicted molar refractivity (Wildman–Crippen MR) is 93.5 cm³/mol. The average molecular weight is 364 g/mol. The molecule has 2 heterocycles. The van der Waals surface area contributed by atoms with E-state index in [4.69, 9.17) is 14.3 Å². The number of benzene rings is 1. The second-order valence-corrected chi connectivity index (χ2v) is 8.26.